The summed E-state index contributed by atoms with van der Waals surface area (Å²) in [7, 11) is 0. The molecule has 0 spiro atoms. The summed E-state index contributed by atoms with van der Waals surface area (Å²) in [4.78, 5) is 31.4. The van der Waals surface area contributed by atoms with E-state index in [1.165, 1.54) is 10.9 Å². The normalized spacial score (nSPS) is 18.2. The molecule has 1 aliphatic rings. The Balaban J connectivity index is 1.60. The van der Waals surface area contributed by atoms with E-state index >= 15 is 0 Å². The topological polar surface area (TPSA) is 88.3 Å². The number of hydrogen-bond acceptors (Lipinski definition) is 4. The predicted molar refractivity (Wildman–Crippen MR) is 137 cm³/mol. The summed E-state index contributed by atoms with van der Waals surface area (Å²) < 4.78 is 1.54. The second kappa shape index (κ2) is 10.7. The van der Waals surface area contributed by atoms with Crippen LogP contribution in [0.1, 0.15) is 68.1 Å². The lowest BCUT2D eigenvalue weighted by Gasteiger charge is -2.32. The van der Waals surface area contributed by atoms with Crippen LogP contribution in [0.5, 0.6) is 0 Å². The van der Waals surface area contributed by atoms with Crippen LogP contribution in [0.3, 0.4) is 0 Å². The number of carbonyl (C=O) groups is 2. The molecule has 1 amide bonds. The van der Waals surface area contributed by atoms with E-state index in [1.54, 1.807) is 11.1 Å². The summed E-state index contributed by atoms with van der Waals surface area (Å²) >= 11 is 0. The van der Waals surface area contributed by atoms with Gasteiger partial charge in [-0.1, -0.05) is 31.2 Å². The molecule has 1 fully saturated rings. The summed E-state index contributed by atoms with van der Waals surface area (Å²) in [5, 5.41) is 14.5. The SMILES string of the molecule is CC1CCC(C(=O)N(c2nn(-c3ccc(C=Cc4ccccn4)cc3)cc2C(=O)O)C(C)C)CC1. The summed E-state index contributed by atoms with van der Waals surface area (Å²) in [5.41, 5.74) is 2.59. The molecule has 0 aliphatic heterocycles. The maximum absolute atomic E-state index is 13.5. The van der Waals surface area contributed by atoms with Gasteiger partial charge in [0.15, 0.2) is 5.82 Å². The molecule has 0 unspecified atom stereocenters. The lowest BCUT2D eigenvalue weighted by Crippen LogP contribution is -2.43. The third kappa shape index (κ3) is 5.67. The highest BCUT2D eigenvalue weighted by Gasteiger charge is 2.34. The van der Waals surface area contributed by atoms with Crippen molar-refractivity contribution < 1.29 is 14.7 Å². The van der Waals surface area contributed by atoms with Crippen molar-refractivity contribution in [3.05, 3.63) is 71.7 Å². The summed E-state index contributed by atoms with van der Waals surface area (Å²) in [6.45, 7) is 6.01. The number of nitrogens with zero attached hydrogens (tertiary/aromatic N) is 4. The molecule has 0 saturated heterocycles. The number of hydrogen-bond donors (Lipinski definition) is 1. The van der Waals surface area contributed by atoms with Crippen LogP contribution in [0.4, 0.5) is 5.82 Å². The van der Waals surface area contributed by atoms with Gasteiger partial charge < -0.3 is 5.11 Å². The van der Waals surface area contributed by atoms with E-state index in [9.17, 15) is 14.7 Å². The molecule has 4 rings (SSSR count). The molecule has 0 atom stereocenters. The van der Waals surface area contributed by atoms with Crippen LogP contribution in [-0.2, 0) is 4.79 Å². The van der Waals surface area contributed by atoms with Gasteiger partial charge in [-0.15, -0.1) is 5.10 Å². The number of carbonyl (C=O) groups excluding carboxylic acids is 1. The van der Waals surface area contributed by atoms with Gasteiger partial charge in [0.05, 0.1) is 11.4 Å². The molecule has 2 aromatic heterocycles. The number of amides is 1. The molecular formula is C28H32N4O3. The summed E-state index contributed by atoms with van der Waals surface area (Å²) in [5.74, 6) is -0.394. The first-order valence-electron chi connectivity index (χ1n) is 12.2. The van der Waals surface area contributed by atoms with Gasteiger partial charge in [-0.3, -0.25) is 14.7 Å². The monoisotopic (exact) mass is 472 g/mol. The van der Waals surface area contributed by atoms with E-state index in [4.69, 9.17) is 0 Å². The van der Waals surface area contributed by atoms with Crippen molar-refractivity contribution in [1.29, 1.82) is 0 Å². The second-order valence-electron chi connectivity index (χ2n) is 9.55. The Labute approximate surface area is 206 Å². The lowest BCUT2D eigenvalue weighted by molar-refractivity contribution is -0.123. The van der Waals surface area contributed by atoms with Crippen molar-refractivity contribution in [3.63, 3.8) is 0 Å². The maximum Gasteiger partial charge on any atom is 0.341 e. The minimum atomic E-state index is -1.10. The first-order valence-corrected chi connectivity index (χ1v) is 12.2. The summed E-state index contributed by atoms with van der Waals surface area (Å²) in [6, 6.07) is 13.2. The zero-order chi connectivity index (χ0) is 24.9. The van der Waals surface area contributed by atoms with Gasteiger partial charge in [-0.05, 0) is 81.4 Å². The molecule has 1 N–H and O–H groups in total. The number of benzene rings is 1. The van der Waals surface area contributed by atoms with Gasteiger partial charge in [0, 0.05) is 24.4 Å². The average molecular weight is 473 g/mol. The molecule has 182 valence electrons. The molecule has 3 aromatic rings. The van der Waals surface area contributed by atoms with Crippen LogP contribution in [-0.4, -0.2) is 37.8 Å². The molecule has 7 nitrogen and oxygen atoms in total. The quantitative estimate of drug-likeness (QED) is 0.476. The van der Waals surface area contributed by atoms with Crippen LogP contribution in [0, 0.1) is 11.8 Å². The minimum absolute atomic E-state index is 0.0235. The number of pyridine rings is 1. The van der Waals surface area contributed by atoms with Crippen molar-refractivity contribution in [2.75, 3.05) is 4.90 Å². The van der Waals surface area contributed by atoms with Gasteiger partial charge in [0.1, 0.15) is 5.56 Å². The number of anilines is 1. The molecule has 0 radical (unpaired) electrons. The van der Waals surface area contributed by atoms with Crippen LogP contribution in [0.25, 0.3) is 17.8 Å². The Morgan fingerprint density at radius 1 is 1.06 bits per heavy atom. The van der Waals surface area contributed by atoms with E-state index in [0.29, 0.717) is 5.92 Å². The Kier molecular flexibility index (Phi) is 7.44. The zero-order valence-corrected chi connectivity index (χ0v) is 20.5. The standard InChI is InChI=1S/C28H32N4O3/c1-19(2)32(27(33)22-12-7-20(3)8-13-22)26-25(28(34)35)18-31(30-26)24-15-10-21(11-16-24)9-14-23-6-4-5-17-29-23/h4-6,9-11,14-20,22H,7-8,12-13H2,1-3H3,(H,34,35). The Bertz CT molecular complexity index is 1190. The largest absolute Gasteiger partial charge is 0.477 e. The van der Waals surface area contributed by atoms with Crippen LogP contribution >= 0.6 is 0 Å². The smallest absolute Gasteiger partial charge is 0.341 e. The number of aromatic nitrogens is 3. The Hall–Kier alpha value is -3.74. The first kappa shape index (κ1) is 24.4. The number of aromatic carboxylic acids is 1. The van der Waals surface area contributed by atoms with E-state index in [2.05, 4.69) is 17.0 Å². The van der Waals surface area contributed by atoms with E-state index in [0.717, 1.165) is 42.6 Å². The number of carboxylic acids is 1. The number of rotatable bonds is 7. The Morgan fingerprint density at radius 3 is 2.37 bits per heavy atom. The fraction of sp³-hybridized carbons (Fsp3) is 0.357. The molecule has 35 heavy (non-hydrogen) atoms. The fourth-order valence-electron chi connectivity index (χ4n) is 4.53. The third-order valence-electron chi connectivity index (χ3n) is 6.56. The highest BCUT2D eigenvalue weighted by molar-refractivity contribution is 6.01. The van der Waals surface area contributed by atoms with Crippen molar-refractivity contribution in [1.82, 2.24) is 14.8 Å². The first-order chi connectivity index (χ1) is 16.8. The minimum Gasteiger partial charge on any atom is -0.477 e. The molecule has 7 heteroatoms. The van der Waals surface area contributed by atoms with Crippen molar-refractivity contribution in [2.24, 2.45) is 11.8 Å². The lowest BCUT2D eigenvalue weighted by atomic mass is 9.82. The van der Waals surface area contributed by atoms with Crippen molar-refractivity contribution >= 4 is 29.8 Å². The predicted octanol–water partition coefficient (Wildman–Crippen LogP) is 5.70. The van der Waals surface area contributed by atoms with Gasteiger partial charge in [-0.25, -0.2) is 9.48 Å². The van der Waals surface area contributed by atoms with Gasteiger partial charge in [0.25, 0.3) is 0 Å². The van der Waals surface area contributed by atoms with Gasteiger partial charge >= 0.3 is 5.97 Å². The summed E-state index contributed by atoms with van der Waals surface area (Å²) in [6.07, 6.45) is 10.8. The molecule has 2 heterocycles. The third-order valence-corrected chi connectivity index (χ3v) is 6.56. The fourth-order valence-corrected chi connectivity index (χ4v) is 4.53. The van der Waals surface area contributed by atoms with Crippen LogP contribution in [0.15, 0.2) is 54.9 Å². The highest BCUT2D eigenvalue weighted by Crippen LogP contribution is 2.32. The van der Waals surface area contributed by atoms with Gasteiger partial charge in [-0.2, -0.15) is 0 Å². The van der Waals surface area contributed by atoms with Gasteiger partial charge in [0.2, 0.25) is 5.91 Å². The number of carboxylic acid groups (broad SMARTS) is 1. The molecular weight excluding hydrogens is 440 g/mol. The van der Waals surface area contributed by atoms with Crippen LogP contribution in [0.2, 0.25) is 0 Å². The van der Waals surface area contributed by atoms with Crippen LogP contribution < -0.4 is 4.90 Å². The van der Waals surface area contributed by atoms with Crippen molar-refractivity contribution in [3.8, 4) is 5.69 Å². The molecule has 1 saturated carbocycles. The molecule has 0 bridgehead atoms. The van der Waals surface area contributed by atoms with E-state index in [1.807, 2.05) is 68.5 Å². The Morgan fingerprint density at radius 2 is 1.77 bits per heavy atom. The maximum atomic E-state index is 13.5. The highest BCUT2D eigenvalue weighted by atomic mass is 16.4. The van der Waals surface area contributed by atoms with Crippen molar-refractivity contribution in [2.45, 2.75) is 52.5 Å². The van der Waals surface area contributed by atoms with E-state index < -0.39 is 5.97 Å². The molecule has 1 aromatic carbocycles. The second-order valence-corrected chi connectivity index (χ2v) is 9.55. The van der Waals surface area contributed by atoms with E-state index in [-0.39, 0.29) is 29.2 Å². The zero-order valence-electron chi connectivity index (χ0n) is 20.5. The average Bonchev–Trinajstić information content (AvgIpc) is 3.29. The molecule has 1 aliphatic carbocycles.